The first kappa shape index (κ1) is 42.9. The van der Waals surface area contributed by atoms with Crippen molar-refractivity contribution in [2.45, 2.75) is 26.7 Å². The Morgan fingerprint density at radius 3 is 1.22 bits per heavy atom. The molecule has 0 bridgehead atoms. The standard InChI is InChI=1S/2C11H10Cl2F2NO.2C5H5.Ti/c2*1-11(5-12,6-13)10(17)16-9-3-2-7(14)4-8(9)15;2*1-2-4-5-3-1;/h2*2-3H,5-6H2,1H3,(H,16,17);2*1-3H,4H2;/q4*-1;+4. The third-order valence-electron chi connectivity index (χ3n) is 5.67. The molecule has 0 aliphatic heterocycles. The molecule has 2 amide bonds. The van der Waals surface area contributed by atoms with Gasteiger partial charge in [-0.05, 0) is 25.2 Å². The summed E-state index contributed by atoms with van der Waals surface area (Å²) in [6.07, 6.45) is 20.0. The van der Waals surface area contributed by atoms with Crippen molar-refractivity contribution in [2.75, 3.05) is 34.2 Å². The van der Waals surface area contributed by atoms with E-state index in [2.05, 4.69) is 34.9 Å². The van der Waals surface area contributed by atoms with Gasteiger partial charge in [-0.25, -0.2) is 41.9 Å². The van der Waals surface area contributed by atoms with Crippen LogP contribution in [0.1, 0.15) is 26.7 Å². The summed E-state index contributed by atoms with van der Waals surface area (Å²) >= 11 is 22.5. The van der Waals surface area contributed by atoms with Crippen molar-refractivity contribution in [3.63, 3.8) is 0 Å². The number of carbonyl (C=O) groups excluding carboxylic acids is 2. The zero-order chi connectivity index (χ0) is 33.2. The molecular weight excluding hydrogens is 710 g/mol. The van der Waals surface area contributed by atoms with E-state index < -0.39 is 45.9 Å². The second-order valence-corrected chi connectivity index (χ2v) is 10.7. The van der Waals surface area contributed by atoms with Gasteiger partial charge < -0.3 is 10.6 Å². The summed E-state index contributed by atoms with van der Waals surface area (Å²) < 4.78 is 51.7. The maximum absolute atomic E-state index is 13.2. The van der Waals surface area contributed by atoms with E-state index in [9.17, 15) is 27.2 Å². The largest absolute Gasteiger partial charge is 4.00 e. The maximum Gasteiger partial charge on any atom is 4.00 e. The first-order valence-corrected chi connectivity index (χ1v) is 15.0. The number of nitrogens with one attached hydrogen (secondary N) is 2. The molecule has 4 nitrogen and oxygen atoms in total. The minimum Gasteiger partial charge on any atom is -0.376 e. The first-order chi connectivity index (χ1) is 20.8. The summed E-state index contributed by atoms with van der Waals surface area (Å²) in [6.45, 7) is 3.10. The number of hydrogen-bond donors (Lipinski definition) is 2. The van der Waals surface area contributed by atoms with E-state index >= 15 is 0 Å². The van der Waals surface area contributed by atoms with Gasteiger partial charge in [-0.3, -0.25) is 21.7 Å². The fourth-order valence-electron chi connectivity index (χ4n) is 2.62. The number of hydrogen-bond acceptors (Lipinski definition) is 2. The van der Waals surface area contributed by atoms with Crippen LogP contribution in [-0.4, -0.2) is 35.3 Å². The average Bonchev–Trinajstić information content (AvgIpc) is 3.79. The normalized spacial score (nSPS) is 12.5. The van der Waals surface area contributed by atoms with Gasteiger partial charge in [-0.2, -0.15) is 12.2 Å². The topological polar surface area (TPSA) is 58.2 Å². The van der Waals surface area contributed by atoms with Crippen molar-refractivity contribution < 1.29 is 48.9 Å². The van der Waals surface area contributed by atoms with Crippen LogP contribution in [0.3, 0.4) is 0 Å². The molecule has 0 spiro atoms. The summed E-state index contributed by atoms with van der Waals surface area (Å²) in [5, 5.41) is 4.60. The fraction of sp³-hybridized carbons (Fsp3) is 0.312. The van der Waals surface area contributed by atoms with Crippen LogP contribution in [0.2, 0.25) is 0 Å². The monoisotopic (exact) mass is 738 g/mol. The quantitative estimate of drug-likeness (QED) is 0.123. The van der Waals surface area contributed by atoms with Crippen LogP contribution in [0, 0.1) is 58.4 Å². The number of carbonyl (C=O) groups is 2. The molecule has 0 fully saturated rings. The Hall–Kier alpha value is -2.07. The van der Waals surface area contributed by atoms with Gasteiger partial charge >= 0.3 is 21.7 Å². The molecule has 0 saturated carbocycles. The van der Waals surface area contributed by atoms with Crippen LogP contribution in [0.4, 0.5) is 28.9 Å². The Kier molecular flexibility index (Phi) is 21.4. The molecule has 2 aliphatic rings. The molecule has 240 valence electrons. The molecule has 0 saturated heterocycles. The molecule has 13 heteroatoms. The minimum atomic E-state index is -1.01. The van der Waals surface area contributed by atoms with Crippen LogP contribution in [0.15, 0.2) is 60.7 Å². The summed E-state index contributed by atoms with van der Waals surface area (Å²) in [5.74, 6) is -4.68. The molecule has 2 aromatic rings. The van der Waals surface area contributed by atoms with E-state index in [1.54, 1.807) is 13.8 Å². The molecular formula is C32H30Cl4F4N2O2Ti. The SMILES string of the molecule is CC(CCl)(CCl)C(=O)Nc1ccc(F)[c-]c1F.CC(CCl)(CCl)C(=O)Nc1ccc(F)[c-]c1F.[C-]1=CC=CC1.[C-]1=CC=CC1.[Ti+4]. The van der Waals surface area contributed by atoms with Gasteiger partial charge in [0.15, 0.2) is 0 Å². The van der Waals surface area contributed by atoms with Gasteiger partial charge in [0.1, 0.15) is 0 Å². The number of allylic oxidation sites excluding steroid dienone is 8. The third-order valence-corrected chi connectivity index (χ3v) is 8.03. The molecule has 0 unspecified atom stereocenters. The minimum absolute atomic E-state index is 0. The molecule has 0 aromatic heterocycles. The Morgan fingerprint density at radius 1 is 0.689 bits per heavy atom. The van der Waals surface area contributed by atoms with E-state index in [0.29, 0.717) is 0 Å². The number of amides is 2. The Bertz CT molecular complexity index is 1230. The fourth-order valence-corrected chi connectivity index (χ4v) is 3.68. The van der Waals surface area contributed by atoms with Crippen molar-refractivity contribution in [2.24, 2.45) is 10.8 Å². The van der Waals surface area contributed by atoms with Gasteiger partial charge in [-0.15, -0.1) is 95.6 Å². The van der Waals surface area contributed by atoms with Crippen LogP contribution in [0.25, 0.3) is 0 Å². The van der Waals surface area contributed by atoms with Crippen LogP contribution in [-0.2, 0) is 31.3 Å². The summed E-state index contributed by atoms with van der Waals surface area (Å²) in [6, 6.07) is 7.86. The van der Waals surface area contributed by atoms with E-state index in [4.69, 9.17) is 46.4 Å². The smallest absolute Gasteiger partial charge is 0.376 e. The molecule has 2 N–H and O–H groups in total. The van der Waals surface area contributed by atoms with Crippen LogP contribution in [0.5, 0.6) is 0 Å². The second kappa shape index (κ2) is 22.5. The van der Waals surface area contributed by atoms with Crippen molar-refractivity contribution in [1.29, 1.82) is 0 Å². The number of halogens is 8. The van der Waals surface area contributed by atoms with Crippen molar-refractivity contribution in [3.8, 4) is 0 Å². The van der Waals surface area contributed by atoms with Crippen molar-refractivity contribution in [3.05, 3.63) is 108 Å². The zero-order valence-electron chi connectivity index (χ0n) is 24.4. The molecule has 2 aromatic carbocycles. The number of rotatable bonds is 8. The van der Waals surface area contributed by atoms with E-state index in [0.717, 1.165) is 37.1 Å². The van der Waals surface area contributed by atoms with E-state index in [1.165, 1.54) is 0 Å². The number of anilines is 2. The zero-order valence-corrected chi connectivity index (χ0v) is 28.9. The van der Waals surface area contributed by atoms with Gasteiger partial charge in [-0.1, -0.05) is 0 Å². The van der Waals surface area contributed by atoms with E-state index in [-0.39, 0.29) is 56.6 Å². The maximum atomic E-state index is 13.2. The molecule has 45 heavy (non-hydrogen) atoms. The molecule has 0 radical (unpaired) electrons. The van der Waals surface area contributed by atoms with Crippen molar-refractivity contribution in [1.82, 2.24) is 0 Å². The summed E-state index contributed by atoms with van der Waals surface area (Å²) in [7, 11) is 0. The predicted octanol–water partition coefficient (Wildman–Crippen LogP) is 8.98. The molecule has 0 atom stereocenters. The third kappa shape index (κ3) is 15.4. The van der Waals surface area contributed by atoms with Gasteiger partial charge in [0.25, 0.3) is 0 Å². The molecule has 2 aliphatic carbocycles. The number of alkyl halides is 4. The van der Waals surface area contributed by atoms with Gasteiger partial charge in [0.05, 0.1) is 10.8 Å². The Morgan fingerprint density at radius 2 is 1.02 bits per heavy atom. The molecule has 0 heterocycles. The molecule has 4 rings (SSSR count). The summed E-state index contributed by atoms with van der Waals surface area (Å²) in [5.41, 5.74) is -2.33. The summed E-state index contributed by atoms with van der Waals surface area (Å²) in [4.78, 5) is 23.6. The van der Waals surface area contributed by atoms with E-state index in [1.807, 2.05) is 36.4 Å². The second-order valence-electron chi connectivity index (χ2n) is 9.64. The van der Waals surface area contributed by atoms with Crippen LogP contribution >= 0.6 is 46.4 Å². The Labute approximate surface area is 296 Å². The first-order valence-electron chi connectivity index (χ1n) is 12.9. The van der Waals surface area contributed by atoms with Gasteiger partial charge in [0, 0.05) is 46.8 Å². The number of benzene rings is 2. The van der Waals surface area contributed by atoms with Gasteiger partial charge in [0.2, 0.25) is 11.8 Å². The van der Waals surface area contributed by atoms with Crippen LogP contribution < -0.4 is 10.6 Å². The Balaban J connectivity index is 0.000000644. The average molecular weight is 740 g/mol. The predicted molar refractivity (Wildman–Crippen MR) is 170 cm³/mol. The van der Waals surface area contributed by atoms with Crippen molar-refractivity contribution >= 4 is 69.6 Å².